The average Bonchev–Trinajstić information content (AvgIpc) is 2.96. The van der Waals surface area contributed by atoms with Crippen LogP contribution in [0.25, 0.3) is 0 Å². The number of hydrazine groups is 1. The molecule has 0 radical (unpaired) electrons. The smallest absolute Gasteiger partial charge is 0.176 e. The van der Waals surface area contributed by atoms with E-state index in [9.17, 15) is 0 Å². The Kier molecular flexibility index (Phi) is 4.44. The van der Waals surface area contributed by atoms with Gasteiger partial charge in [0.1, 0.15) is 0 Å². The van der Waals surface area contributed by atoms with Gasteiger partial charge in [-0.3, -0.25) is 11.3 Å². The Morgan fingerprint density at radius 3 is 2.82 bits per heavy atom. The zero-order chi connectivity index (χ0) is 12.1. The molecule has 3 N–H and O–H groups in total. The van der Waals surface area contributed by atoms with Crippen molar-refractivity contribution in [3.63, 3.8) is 0 Å². The van der Waals surface area contributed by atoms with Crippen molar-refractivity contribution in [1.29, 1.82) is 0 Å². The van der Waals surface area contributed by atoms with Gasteiger partial charge in [-0.2, -0.15) is 4.80 Å². The van der Waals surface area contributed by atoms with Gasteiger partial charge < -0.3 is 0 Å². The van der Waals surface area contributed by atoms with E-state index >= 15 is 0 Å². The number of hydrogen-bond donors (Lipinski definition) is 2. The summed E-state index contributed by atoms with van der Waals surface area (Å²) in [5.41, 5.74) is 2.87. The van der Waals surface area contributed by atoms with Crippen molar-refractivity contribution in [1.82, 2.24) is 25.6 Å². The Balaban J connectivity index is 1.75. The van der Waals surface area contributed by atoms with Crippen LogP contribution in [0.15, 0.2) is 0 Å². The SMILES string of the molecule is Cn1nnc(CC(CCC2CCCC2)NN)n1. The highest BCUT2D eigenvalue weighted by Crippen LogP contribution is 2.29. The van der Waals surface area contributed by atoms with Crippen LogP contribution in [0.1, 0.15) is 44.3 Å². The van der Waals surface area contributed by atoms with E-state index in [1.807, 2.05) is 0 Å². The van der Waals surface area contributed by atoms with Crippen LogP contribution in [0.5, 0.6) is 0 Å². The van der Waals surface area contributed by atoms with Crippen LogP contribution in [-0.2, 0) is 13.5 Å². The van der Waals surface area contributed by atoms with Gasteiger partial charge in [0.15, 0.2) is 5.82 Å². The Bertz CT molecular complexity index is 330. The second-order valence-electron chi connectivity index (χ2n) is 4.99. The largest absolute Gasteiger partial charge is 0.271 e. The molecule has 0 spiro atoms. The standard InChI is InChI=1S/C11H22N6/c1-17-15-11(14-16-17)8-10(13-12)7-6-9-4-2-3-5-9/h9-10,13H,2-8,12H2,1H3. The summed E-state index contributed by atoms with van der Waals surface area (Å²) in [6.45, 7) is 0. The fraction of sp³-hybridized carbons (Fsp3) is 0.909. The molecule has 96 valence electrons. The summed E-state index contributed by atoms with van der Waals surface area (Å²) in [5.74, 6) is 7.25. The number of nitrogens with zero attached hydrogens (tertiary/aromatic N) is 4. The summed E-state index contributed by atoms with van der Waals surface area (Å²) in [5, 5.41) is 12.0. The highest BCUT2D eigenvalue weighted by molar-refractivity contribution is 4.84. The molecule has 0 amide bonds. The predicted octanol–water partition coefficient (Wildman–Crippen LogP) is 0.555. The van der Waals surface area contributed by atoms with Crippen molar-refractivity contribution in [3.05, 3.63) is 5.82 Å². The minimum absolute atomic E-state index is 0.264. The quantitative estimate of drug-likeness (QED) is 0.559. The van der Waals surface area contributed by atoms with Gasteiger partial charge in [-0.1, -0.05) is 25.7 Å². The number of rotatable bonds is 6. The second-order valence-corrected chi connectivity index (χ2v) is 4.99. The molecule has 1 fully saturated rings. The molecule has 1 aliphatic rings. The van der Waals surface area contributed by atoms with Crippen LogP contribution in [0, 0.1) is 5.92 Å². The molecule has 1 aliphatic carbocycles. The molecule has 6 heteroatoms. The monoisotopic (exact) mass is 238 g/mol. The first kappa shape index (κ1) is 12.4. The van der Waals surface area contributed by atoms with Gasteiger partial charge in [-0.25, -0.2) is 0 Å². The van der Waals surface area contributed by atoms with Crippen molar-refractivity contribution in [2.75, 3.05) is 0 Å². The molecule has 6 nitrogen and oxygen atoms in total. The molecular formula is C11H22N6. The third kappa shape index (κ3) is 3.74. The van der Waals surface area contributed by atoms with Gasteiger partial charge in [-0.05, 0) is 24.0 Å². The van der Waals surface area contributed by atoms with Gasteiger partial charge in [0.05, 0.1) is 7.05 Å². The van der Waals surface area contributed by atoms with E-state index in [-0.39, 0.29) is 6.04 Å². The third-order valence-corrected chi connectivity index (χ3v) is 3.61. The topological polar surface area (TPSA) is 81.7 Å². The summed E-state index contributed by atoms with van der Waals surface area (Å²) in [4.78, 5) is 1.49. The average molecular weight is 238 g/mol. The van der Waals surface area contributed by atoms with Crippen molar-refractivity contribution in [2.24, 2.45) is 18.8 Å². The molecule has 0 aromatic carbocycles. The first-order valence-electron chi connectivity index (χ1n) is 6.47. The first-order chi connectivity index (χ1) is 8.28. The van der Waals surface area contributed by atoms with Crippen LogP contribution in [0.3, 0.4) is 0 Å². The summed E-state index contributed by atoms with van der Waals surface area (Å²) in [6, 6.07) is 0.264. The summed E-state index contributed by atoms with van der Waals surface area (Å²) in [7, 11) is 1.78. The second kappa shape index (κ2) is 6.07. The maximum absolute atomic E-state index is 5.58. The normalized spacial score (nSPS) is 18.7. The molecule has 1 saturated carbocycles. The highest BCUT2D eigenvalue weighted by Gasteiger charge is 2.18. The lowest BCUT2D eigenvalue weighted by atomic mass is 9.97. The number of aromatic nitrogens is 4. The van der Waals surface area contributed by atoms with Crippen LogP contribution in [-0.4, -0.2) is 26.2 Å². The van der Waals surface area contributed by atoms with E-state index in [4.69, 9.17) is 5.84 Å². The molecule has 0 aliphatic heterocycles. The Labute approximate surface area is 102 Å². The highest BCUT2D eigenvalue weighted by atomic mass is 15.6. The van der Waals surface area contributed by atoms with Crippen molar-refractivity contribution in [2.45, 2.75) is 51.0 Å². The maximum Gasteiger partial charge on any atom is 0.176 e. The van der Waals surface area contributed by atoms with Crippen molar-refractivity contribution < 1.29 is 0 Å². The van der Waals surface area contributed by atoms with Crippen LogP contribution in [0.4, 0.5) is 0 Å². The lowest BCUT2D eigenvalue weighted by molar-refractivity contribution is 0.402. The molecule has 1 heterocycles. The van der Waals surface area contributed by atoms with E-state index < -0.39 is 0 Å². The summed E-state index contributed by atoms with van der Waals surface area (Å²) in [6.07, 6.45) is 8.70. The van der Waals surface area contributed by atoms with Gasteiger partial charge in [0, 0.05) is 12.5 Å². The van der Waals surface area contributed by atoms with E-state index in [1.165, 1.54) is 36.9 Å². The van der Waals surface area contributed by atoms with E-state index in [1.54, 1.807) is 7.05 Å². The molecule has 1 aromatic rings. The van der Waals surface area contributed by atoms with Gasteiger partial charge in [0.25, 0.3) is 0 Å². The maximum atomic E-state index is 5.58. The Morgan fingerprint density at radius 1 is 1.47 bits per heavy atom. The molecule has 1 atom stereocenters. The Morgan fingerprint density at radius 2 is 2.24 bits per heavy atom. The van der Waals surface area contributed by atoms with E-state index in [0.717, 1.165) is 24.6 Å². The minimum Gasteiger partial charge on any atom is -0.271 e. The van der Waals surface area contributed by atoms with Crippen molar-refractivity contribution >= 4 is 0 Å². The summed E-state index contributed by atoms with van der Waals surface area (Å²) < 4.78 is 0. The predicted molar refractivity (Wildman–Crippen MR) is 64.8 cm³/mol. The van der Waals surface area contributed by atoms with E-state index in [0.29, 0.717) is 0 Å². The van der Waals surface area contributed by atoms with Gasteiger partial charge in [-0.15, -0.1) is 10.2 Å². The zero-order valence-electron chi connectivity index (χ0n) is 10.5. The van der Waals surface area contributed by atoms with E-state index in [2.05, 4.69) is 20.8 Å². The lowest BCUT2D eigenvalue weighted by Crippen LogP contribution is -2.37. The molecule has 0 bridgehead atoms. The third-order valence-electron chi connectivity index (χ3n) is 3.61. The molecule has 17 heavy (non-hydrogen) atoms. The molecule has 0 saturated heterocycles. The molecule has 1 aromatic heterocycles. The van der Waals surface area contributed by atoms with Crippen LogP contribution < -0.4 is 11.3 Å². The number of tetrazole rings is 1. The Hall–Kier alpha value is -1.01. The first-order valence-corrected chi connectivity index (χ1v) is 6.47. The number of nitrogens with one attached hydrogen (secondary N) is 1. The fourth-order valence-corrected chi connectivity index (χ4v) is 2.61. The van der Waals surface area contributed by atoms with Crippen molar-refractivity contribution in [3.8, 4) is 0 Å². The molecule has 1 unspecified atom stereocenters. The minimum atomic E-state index is 0.264. The zero-order valence-corrected chi connectivity index (χ0v) is 10.5. The number of aryl methyl sites for hydroxylation is 1. The van der Waals surface area contributed by atoms with Crippen LogP contribution in [0.2, 0.25) is 0 Å². The fourth-order valence-electron chi connectivity index (χ4n) is 2.61. The van der Waals surface area contributed by atoms with Gasteiger partial charge >= 0.3 is 0 Å². The molecule has 2 rings (SSSR count). The number of hydrogen-bond acceptors (Lipinski definition) is 5. The van der Waals surface area contributed by atoms with Crippen LogP contribution >= 0.6 is 0 Å². The molecular weight excluding hydrogens is 216 g/mol. The lowest BCUT2D eigenvalue weighted by Gasteiger charge is -2.16. The summed E-state index contributed by atoms with van der Waals surface area (Å²) >= 11 is 0. The van der Waals surface area contributed by atoms with Gasteiger partial charge in [0.2, 0.25) is 0 Å². The number of nitrogens with two attached hydrogens (primary N) is 1.